The second-order valence-corrected chi connectivity index (χ2v) is 8.20. The van der Waals surface area contributed by atoms with E-state index in [0.717, 1.165) is 11.6 Å². The first-order valence-corrected chi connectivity index (χ1v) is 10.6. The highest BCUT2D eigenvalue weighted by atomic mass is 35.5. The van der Waals surface area contributed by atoms with Crippen LogP contribution in [0.2, 0.25) is 10.0 Å². The Hall–Kier alpha value is -2.96. The first kappa shape index (κ1) is 22.2. The molecule has 0 bridgehead atoms. The number of benzene rings is 3. The van der Waals surface area contributed by atoms with Crippen LogP contribution in [0.5, 0.6) is 0 Å². The van der Waals surface area contributed by atoms with Crippen molar-refractivity contribution in [2.75, 3.05) is 6.54 Å². The Bertz CT molecular complexity index is 1190. The fourth-order valence-corrected chi connectivity index (χ4v) is 3.77. The summed E-state index contributed by atoms with van der Waals surface area (Å²) in [6.07, 6.45) is -0.0361. The van der Waals surface area contributed by atoms with Gasteiger partial charge in [-0.25, -0.2) is 8.78 Å². The SMILES string of the molecule is O=C(c1cccc(F)c1)N(Cc1ccccc1F)CC1CC(c2ccc(Cl)c(Cl)c2)=NO1. The van der Waals surface area contributed by atoms with Crippen LogP contribution in [-0.2, 0) is 11.4 Å². The number of oxime groups is 1. The van der Waals surface area contributed by atoms with E-state index in [-0.39, 0.29) is 18.7 Å². The van der Waals surface area contributed by atoms with E-state index in [9.17, 15) is 13.6 Å². The predicted molar refractivity (Wildman–Crippen MR) is 120 cm³/mol. The summed E-state index contributed by atoms with van der Waals surface area (Å²) < 4.78 is 28.0. The molecule has 0 spiro atoms. The van der Waals surface area contributed by atoms with Crippen molar-refractivity contribution in [1.82, 2.24) is 4.90 Å². The van der Waals surface area contributed by atoms with E-state index in [1.807, 2.05) is 0 Å². The second-order valence-electron chi connectivity index (χ2n) is 7.39. The molecule has 0 N–H and O–H groups in total. The molecule has 4 rings (SSSR count). The molecule has 1 amide bonds. The van der Waals surface area contributed by atoms with Gasteiger partial charge in [-0.3, -0.25) is 4.79 Å². The Balaban J connectivity index is 1.53. The molecule has 1 aliphatic rings. The number of nitrogens with zero attached hydrogens (tertiary/aromatic N) is 2. The molecular weight excluding hydrogens is 457 g/mol. The van der Waals surface area contributed by atoms with Crippen molar-refractivity contribution in [3.63, 3.8) is 0 Å². The van der Waals surface area contributed by atoms with Gasteiger partial charge >= 0.3 is 0 Å². The highest BCUT2D eigenvalue weighted by Crippen LogP contribution is 2.26. The minimum Gasteiger partial charge on any atom is -0.390 e. The first-order valence-electron chi connectivity index (χ1n) is 9.87. The Morgan fingerprint density at radius 3 is 2.59 bits per heavy atom. The normalized spacial score (nSPS) is 15.2. The average molecular weight is 475 g/mol. The van der Waals surface area contributed by atoms with Gasteiger partial charge in [0.15, 0.2) is 6.10 Å². The van der Waals surface area contributed by atoms with E-state index in [2.05, 4.69) is 5.16 Å². The summed E-state index contributed by atoms with van der Waals surface area (Å²) >= 11 is 12.1. The molecule has 164 valence electrons. The van der Waals surface area contributed by atoms with Gasteiger partial charge in [-0.15, -0.1) is 0 Å². The Labute approximate surface area is 194 Å². The lowest BCUT2D eigenvalue weighted by Crippen LogP contribution is -2.37. The van der Waals surface area contributed by atoms with Crippen LogP contribution in [0.1, 0.15) is 27.9 Å². The molecule has 3 aromatic rings. The molecule has 0 saturated heterocycles. The van der Waals surface area contributed by atoms with Gasteiger partial charge < -0.3 is 9.74 Å². The molecule has 4 nitrogen and oxygen atoms in total. The molecule has 32 heavy (non-hydrogen) atoms. The summed E-state index contributed by atoms with van der Waals surface area (Å²) in [5, 5.41) is 4.96. The van der Waals surface area contributed by atoms with Crippen LogP contribution in [0.15, 0.2) is 71.9 Å². The summed E-state index contributed by atoms with van der Waals surface area (Å²) in [7, 11) is 0. The van der Waals surface area contributed by atoms with E-state index < -0.39 is 23.6 Å². The van der Waals surface area contributed by atoms with Crippen LogP contribution in [0.3, 0.4) is 0 Å². The maximum absolute atomic E-state index is 14.3. The zero-order valence-electron chi connectivity index (χ0n) is 16.8. The van der Waals surface area contributed by atoms with Gasteiger partial charge in [0.1, 0.15) is 11.6 Å². The lowest BCUT2D eigenvalue weighted by atomic mass is 10.0. The molecule has 8 heteroatoms. The predicted octanol–water partition coefficient (Wildman–Crippen LogP) is 6.11. The third-order valence-corrected chi connectivity index (χ3v) is 5.83. The Kier molecular flexibility index (Phi) is 6.72. The number of carbonyl (C=O) groups excluding carboxylic acids is 1. The maximum atomic E-state index is 14.3. The highest BCUT2D eigenvalue weighted by molar-refractivity contribution is 6.42. The molecule has 0 aromatic heterocycles. The molecule has 1 unspecified atom stereocenters. The van der Waals surface area contributed by atoms with Crippen molar-refractivity contribution in [1.29, 1.82) is 0 Å². The van der Waals surface area contributed by atoms with Crippen LogP contribution in [0.25, 0.3) is 0 Å². The minimum atomic E-state index is -0.524. The zero-order chi connectivity index (χ0) is 22.7. The number of hydrogen-bond acceptors (Lipinski definition) is 3. The molecular formula is C24H18Cl2F2N2O2. The summed E-state index contributed by atoms with van der Waals surface area (Å²) in [6.45, 7) is 0.141. The number of halogens is 4. The van der Waals surface area contributed by atoms with Gasteiger partial charge in [-0.1, -0.05) is 58.7 Å². The lowest BCUT2D eigenvalue weighted by molar-refractivity contribution is 0.0402. The first-order chi connectivity index (χ1) is 15.4. The third-order valence-electron chi connectivity index (χ3n) is 5.09. The summed E-state index contributed by atoms with van der Waals surface area (Å²) in [5.41, 5.74) is 1.95. The van der Waals surface area contributed by atoms with Gasteiger partial charge in [0.2, 0.25) is 0 Å². The number of rotatable bonds is 6. The molecule has 0 radical (unpaired) electrons. The van der Waals surface area contributed by atoms with Gasteiger partial charge in [0.25, 0.3) is 5.91 Å². The largest absolute Gasteiger partial charge is 0.390 e. The molecule has 0 fully saturated rings. The van der Waals surface area contributed by atoms with E-state index in [1.165, 1.54) is 29.2 Å². The van der Waals surface area contributed by atoms with E-state index in [4.69, 9.17) is 28.0 Å². The Morgan fingerprint density at radius 2 is 1.84 bits per heavy atom. The molecule has 1 aliphatic heterocycles. The lowest BCUT2D eigenvalue weighted by Gasteiger charge is -2.25. The Morgan fingerprint density at radius 1 is 1.03 bits per heavy atom. The molecule has 0 saturated carbocycles. The van der Waals surface area contributed by atoms with Crippen molar-refractivity contribution in [3.05, 3.63) is 105 Å². The summed E-state index contributed by atoms with van der Waals surface area (Å²) in [4.78, 5) is 20.1. The fraction of sp³-hybridized carbons (Fsp3) is 0.167. The van der Waals surface area contributed by atoms with Gasteiger partial charge in [0.05, 0.1) is 22.3 Å². The van der Waals surface area contributed by atoms with Crippen LogP contribution >= 0.6 is 23.2 Å². The monoisotopic (exact) mass is 474 g/mol. The van der Waals surface area contributed by atoms with Gasteiger partial charge in [0, 0.05) is 29.7 Å². The number of amides is 1. The average Bonchev–Trinajstić information content (AvgIpc) is 3.25. The van der Waals surface area contributed by atoms with Crippen LogP contribution < -0.4 is 0 Å². The van der Waals surface area contributed by atoms with Crippen LogP contribution in [0.4, 0.5) is 8.78 Å². The molecule has 0 aliphatic carbocycles. The number of carbonyl (C=O) groups is 1. The summed E-state index contributed by atoms with van der Waals surface area (Å²) in [5.74, 6) is -1.38. The highest BCUT2D eigenvalue weighted by Gasteiger charge is 2.28. The van der Waals surface area contributed by atoms with Crippen molar-refractivity contribution in [2.24, 2.45) is 5.16 Å². The van der Waals surface area contributed by atoms with Crippen molar-refractivity contribution < 1.29 is 18.4 Å². The molecule has 1 atom stereocenters. The van der Waals surface area contributed by atoms with Gasteiger partial charge in [-0.05, 0) is 36.4 Å². The summed E-state index contributed by atoms with van der Waals surface area (Å²) in [6, 6.07) is 16.8. The second kappa shape index (κ2) is 9.67. The third kappa shape index (κ3) is 5.09. The maximum Gasteiger partial charge on any atom is 0.254 e. The van der Waals surface area contributed by atoms with Crippen LogP contribution in [0, 0.1) is 11.6 Å². The van der Waals surface area contributed by atoms with E-state index >= 15 is 0 Å². The molecule has 3 aromatic carbocycles. The zero-order valence-corrected chi connectivity index (χ0v) is 18.3. The minimum absolute atomic E-state index is 0.00395. The van der Waals surface area contributed by atoms with Crippen molar-refractivity contribution >= 4 is 34.8 Å². The smallest absolute Gasteiger partial charge is 0.254 e. The molecule has 1 heterocycles. The van der Waals surface area contributed by atoms with Crippen molar-refractivity contribution in [2.45, 2.75) is 19.1 Å². The quantitative estimate of drug-likeness (QED) is 0.432. The van der Waals surface area contributed by atoms with E-state index in [1.54, 1.807) is 36.4 Å². The topological polar surface area (TPSA) is 41.9 Å². The van der Waals surface area contributed by atoms with Crippen LogP contribution in [-0.4, -0.2) is 29.2 Å². The number of hydrogen-bond donors (Lipinski definition) is 0. The van der Waals surface area contributed by atoms with Gasteiger partial charge in [-0.2, -0.15) is 0 Å². The standard InChI is InChI=1S/C24H18Cl2F2N2O2/c25-20-9-8-15(11-21(20)26)23-12-19(32-29-23)14-30(13-17-4-1-2-7-22(17)28)24(31)16-5-3-6-18(27)10-16/h1-11,19H,12-14H2. The fourth-order valence-electron chi connectivity index (χ4n) is 3.47. The van der Waals surface area contributed by atoms with Crippen molar-refractivity contribution in [3.8, 4) is 0 Å². The van der Waals surface area contributed by atoms with E-state index in [0.29, 0.717) is 27.7 Å².